The number of hydrogen-bond acceptors (Lipinski definition) is 5. The number of nitrogens with zero attached hydrogens (tertiary/aromatic N) is 3. The lowest BCUT2D eigenvalue weighted by Gasteiger charge is -2.04. The van der Waals surface area contributed by atoms with Crippen molar-refractivity contribution < 1.29 is 9.32 Å². The Morgan fingerprint density at radius 3 is 2.63 bits per heavy atom. The maximum absolute atomic E-state index is 12.0. The van der Waals surface area contributed by atoms with E-state index in [1.165, 1.54) is 5.56 Å². The summed E-state index contributed by atoms with van der Waals surface area (Å²) in [5, 5.41) is 6.90. The summed E-state index contributed by atoms with van der Waals surface area (Å²) in [4.78, 5) is 20.6. The van der Waals surface area contributed by atoms with Crippen molar-refractivity contribution in [2.24, 2.45) is 0 Å². The molecule has 3 aromatic rings. The Hall–Kier alpha value is -3.02. The Morgan fingerprint density at radius 2 is 1.93 bits per heavy atom. The van der Waals surface area contributed by atoms with Crippen LogP contribution in [0.3, 0.4) is 0 Å². The highest BCUT2D eigenvalue weighted by Gasteiger charge is 2.11. The molecule has 0 bridgehead atoms. The van der Waals surface area contributed by atoms with Gasteiger partial charge in [-0.15, -0.1) is 0 Å². The highest BCUT2D eigenvalue weighted by Crippen LogP contribution is 2.20. The van der Waals surface area contributed by atoms with Gasteiger partial charge in [-0.3, -0.25) is 9.78 Å². The molecule has 1 aromatic carbocycles. The third-order valence-corrected chi connectivity index (χ3v) is 4.30. The minimum Gasteiger partial charge on any atom is -0.356 e. The molecule has 0 saturated heterocycles. The predicted molar refractivity (Wildman–Crippen MR) is 103 cm³/mol. The van der Waals surface area contributed by atoms with Crippen LogP contribution < -0.4 is 5.32 Å². The lowest BCUT2D eigenvalue weighted by atomic mass is 10.0. The Morgan fingerprint density at radius 1 is 1.11 bits per heavy atom. The Labute approximate surface area is 159 Å². The quantitative estimate of drug-likeness (QED) is 0.661. The maximum Gasteiger partial charge on any atom is 0.227 e. The second-order valence-corrected chi connectivity index (χ2v) is 6.71. The molecule has 0 aliphatic heterocycles. The minimum absolute atomic E-state index is 0.0352. The molecule has 0 unspecified atom stereocenters. The summed E-state index contributed by atoms with van der Waals surface area (Å²) in [6.45, 7) is 4.87. The first-order valence-corrected chi connectivity index (χ1v) is 9.21. The molecule has 6 nitrogen and oxygen atoms in total. The molecule has 1 N–H and O–H groups in total. The molecule has 0 fully saturated rings. The number of pyridine rings is 1. The summed E-state index contributed by atoms with van der Waals surface area (Å²) < 4.78 is 5.27. The zero-order valence-electron chi connectivity index (χ0n) is 15.7. The monoisotopic (exact) mass is 364 g/mol. The van der Waals surface area contributed by atoms with Gasteiger partial charge < -0.3 is 9.84 Å². The molecule has 2 aromatic heterocycles. The van der Waals surface area contributed by atoms with E-state index in [4.69, 9.17) is 4.52 Å². The summed E-state index contributed by atoms with van der Waals surface area (Å²) in [5.41, 5.74) is 3.14. The van der Waals surface area contributed by atoms with Crippen molar-refractivity contribution in [3.8, 4) is 11.4 Å². The first-order chi connectivity index (χ1) is 13.1. The molecule has 0 aliphatic carbocycles. The van der Waals surface area contributed by atoms with E-state index < -0.39 is 0 Å². The maximum atomic E-state index is 12.0. The fourth-order valence-corrected chi connectivity index (χ4v) is 2.68. The van der Waals surface area contributed by atoms with Gasteiger partial charge >= 0.3 is 0 Å². The van der Waals surface area contributed by atoms with Crippen molar-refractivity contribution in [1.82, 2.24) is 20.4 Å². The van der Waals surface area contributed by atoms with Gasteiger partial charge in [0.15, 0.2) is 0 Å². The largest absolute Gasteiger partial charge is 0.356 e. The van der Waals surface area contributed by atoms with Crippen LogP contribution >= 0.6 is 0 Å². The second-order valence-electron chi connectivity index (χ2n) is 6.71. The number of hydrogen-bond donors (Lipinski definition) is 1. The van der Waals surface area contributed by atoms with Crippen LogP contribution in [0.4, 0.5) is 0 Å². The highest BCUT2D eigenvalue weighted by atomic mass is 16.5. The van der Waals surface area contributed by atoms with Gasteiger partial charge in [-0.05, 0) is 23.6 Å². The van der Waals surface area contributed by atoms with E-state index >= 15 is 0 Å². The van der Waals surface area contributed by atoms with Crippen LogP contribution in [0, 0.1) is 0 Å². The summed E-state index contributed by atoms with van der Waals surface area (Å²) in [7, 11) is 0. The van der Waals surface area contributed by atoms with Crippen molar-refractivity contribution in [3.05, 3.63) is 65.8 Å². The van der Waals surface area contributed by atoms with E-state index in [2.05, 4.69) is 46.4 Å². The first-order valence-electron chi connectivity index (χ1n) is 9.21. The van der Waals surface area contributed by atoms with Crippen molar-refractivity contribution in [2.75, 3.05) is 6.54 Å². The summed E-state index contributed by atoms with van der Waals surface area (Å²) in [5.74, 6) is 1.47. The normalized spacial score (nSPS) is 10.9. The molecule has 1 amide bonds. The molecule has 0 saturated carbocycles. The lowest BCUT2D eigenvalue weighted by molar-refractivity contribution is -0.121. The Balaban J connectivity index is 1.45. The van der Waals surface area contributed by atoms with Crippen LogP contribution in [-0.4, -0.2) is 27.6 Å². The van der Waals surface area contributed by atoms with Gasteiger partial charge in [-0.25, -0.2) is 0 Å². The SMILES string of the molecule is CC(C)c1ccc(-c2noc(CCC(=O)NCCc3ccccn3)n2)cc1. The van der Waals surface area contributed by atoms with Gasteiger partial charge in [-0.1, -0.05) is 49.3 Å². The number of amides is 1. The van der Waals surface area contributed by atoms with Gasteiger partial charge in [0.25, 0.3) is 0 Å². The predicted octanol–water partition coefficient (Wildman–Crippen LogP) is 3.55. The van der Waals surface area contributed by atoms with Gasteiger partial charge in [-0.2, -0.15) is 4.98 Å². The number of carbonyl (C=O) groups is 1. The number of benzene rings is 1. The van der Waals surface area contributed by atoms with E-state index in [-0.39, 0.29) is 5.91 Å². The molecule has 0 spiro atoms. The molecule has 0 aliphatic rings. The summed E-state index contributed by atoms with van der Waals surface area (Å²) in [6, 6.07) is 13.9. The van der Waals surface area contributed by atoms with E-state index in [9.17, 15) is 4.79 Å². The third kappa shape index (κ3) is 5.48. The van der Waals surface area contributed by atoms with Gasteiger partial charge in [0.05, 0.1) is 0 Å². The molecule has 2 heterocycles. The summed E-state index contributed by atoms with van der Waals surface area (Å²) >= 11 is 0. The fourth-order valence-electron chi connectivity index (χ4n) is 2.68. The van der Waals surface area contributed by atoms with Gasteiger partial charge in [0, 0.05) is 43.3 Å². The van der Waals surface area contributed by atoms with E-state index in [0.717, 1.165) is 11.3 Å². The molecule has 0 radical (unpaired) electrons. The number of carbonyl (C=O) groups excluding carboxylic acids is 1. The molecule has 27 heavy (non-hydrogen) atoms. The molecule has 3 rings (SSSR count). The molecular weight excluding hydrogens is 340 g/mol. The van der Waals surface area contributed by atoms with Gasteiger partial charge in [0.1, 0.15) is 0 Å². The van der Waals surface area contributed by atoms with Crippen molar-refractivity contribution >= 4 is 5.91 Å². The van der Waals surface area contributed by atoms with E-state index in [1.54, 1.807) is 6.20 Å². The highest BCUT2D eigenvalue weighted by molar-refractivity contribution is 5.76. The molecule has 6 heteroatoms. The van der Waals surface area contributed by atoms with Crippen LogP contribution in [0.5, 0.6) is 0 Å². The molecule has 140 valence electrons. The smallest absolute Gasteiger partial charge is 0.227 e. The molecule has 0 atom stereocenters. The van der Waals surface area contributed by atoms with Crippen molar-refractivity contribution in [3.63, 3.8) is 0 Å². The van der Waals surface area contributed by atoms with Crippen LogP contribution in [0.15, 0.2) is 53.2 Å². The average molecular weight is 364 g/mol. The van der Waals surface area contributed by atoms with Gasteiger partial charge in [0.2, 0.25) is 17.6 Å². The fraction of sp³-hybridized carbons (Fsp3) is 0.333. The zero-order valence-corrected chi connectivity index (χ0v) is 15.7. The number of aryl methyl sites for hydroxylation is 1. The van der Waals surface area contributed by atoms with Crippen LogP contribution in [0.25, 0.3) is 11.4 Å². The van der Waals surface area contributed by atoms with E-state index in [1.807, 2.05) is 30.3 Å². The van der Waals surface area contributed by atoms with Crippen LogP contribution in [0.1, 0.15) is 43.3 Å². The molecular formula is C21H24N4O2. The Kier molecular flexibility index (Phi) is 6.30. The number of nitrogens with one attached hydrogen (secondary N) is 1. The van der Waals surface area contributed by atoms with Crippen LogP contribution in [0.2, 0.25) is 0 Å². The number of rotatable bonds is 8. The number of aromatic nitrogens is 3. The minimum atomic E-state index is -0.0352. The Bertz CT molecular complexity index is 857. The van der Waals surface area contributed by atoms with Crippen LogP contribution in [-0.2, 0) is 17.6 Å². The lowest BCUT2D eigenvalue weighted by Crippen LogP contribution is -2.26. The summed E-state index contributed by atoms with van der Waals surface area (Å²) in [6.07, 6.45) is 3.20. The second kappa shape index (κ2) is 9.07. The topological polar surface area (TPSA) is 80.9 Å². The zero-order chi connectivity index (χ0) is 19.1. The average Bonchev–Trinajstić information content (AvgIpc) is 3.16. The third-order valence-electron chi connectivity index (χ3n) is 4.30. The first kappa shape index (κ1) is 18.8. The van der Waals surface area contributed by atoms with Crippen molar-refractivity contribution in [2.45, 2.75) is 39.0 Å². The van der Waals surface area contributed by atoms with E-state index in [0.29, 0.717) is 43.4 Å². The van der Waals surface area contributed by atoms with Crippen molar-refractivity contribution in [1.29, 1.82) is 0 Å². The standard InChI is InChI=1S/C21H24N4O2/c1-15(2)16-6-8-17(9-7-16)21-24-20(27-25-21)11-10-19(26)23-14-12-18-5-3-4-13-22-18/h3-9,13,15H,10-12,14H2,1-2H3,(H,23,26).